The van der Waals surface area contributed by atoms with E-state index in [1.165, 1.54) is 33.3 Å². The first-order valence-corrected chi connectivity index (χ1v) is 6.94. The van der Waals surface area contributed by atoms with Crippen LogP contribution in [0.1, 0.15) is 22.4 Å². The van der Waals surface area contributed by atoms with E-state index in [9.17, 15) is 0 Å². The van der Waals surface area contributed by atoms with Crippen molar-refractivity contribution in [1.82, 2.24) is 15.2 Å². The van der Waals surface area contributed by atoms with Crippen LogP contribution in [0.3, 0.4) is 0 Å². The van der Waals surface area contributed by atoms with Crippen molar-refractivity contribution in [3.8, 4) is 0 Å². The smallest absolute Gasteiger partial charge is 0.0737 e. The van der Waals surface area contributed by atoms with Gasteiger partial charge in [0.15, 0.2) is 0 Å². The third kappa shape index (κ3) is 2.13. The Labute approximate surface area is 114 Å². The van der Waals surface area contributed by atoms with Crippen molar-refractivity contribution in [2.24, 2.45) is 0 Å². The molecule has 0 aliphatic carbocycles. The van der Waals surface area contributed by atoms with Crippen LogP contribution in [0.5, 0.6) is 0 Å². The second-order valence-electron chi connectivity index (χ2n) is 5.50. The van der Waals surface area contributed by atoms with E-state index >= 15 is 0 Å². The summed E-state index contributed by atoms with van der Waals surface area (Å²) in [6.07, 6.45) is 1.06. The number of benzene rings is 1. The van der Waals surface area contributed by atoms with Crippen molar-refractivity contribution in [1.29, 1.82) is 0 Å². The molecule has 0 spiro atoms. The summed E-state index contributed by atoms with van der Waals surface area (Å²) < 4.78 is 0. The summed E-state index contributed by atoms with van der Waals surface area (Å²) in [6, 6.07) is 6.49. The van der Waals surface area contributed by atoms with Crippen molar-refractivity contribution >= 4 is 10.9 Å². The third-order valence-electron chi connectivity index (χ3n) is 4.03. The van der Waals surface area contributed by atoms with Gasteiger partial charge in [-0.15, -0.1) is 0 Å². The number of hydrogen-bond donors (Lipinski definition) is 1. The molecule has 0 saturated carbocycles. The van der Waals surface area contributed by atoms with E-state index in [1.807, 2.05) is 7.05 Å². The number of hydrogen-bond acceptors (Lipinski definition) is 3. The lowest BCUT2D eigenvalue weighted by atomic mass is 9.95. The normalized spacial score (nSPS) is 15.7. The zero-order valence-electron chi connectivity index (χ0n) is 12.0. The quantitative estimate of drug-likeness (QED) is 0.892. The molecular weight excluding hydrogens is 234 g/mol. The maximum absolute atomic E-state index is 4.94. The first-order valence-electron chi connectivity index (χ1n) is 6.94. The Hall–Kier alpha value is -1.45. The molecule has 1 aromatic heterocycles. The predicted octanol–water partition coefficient (Wildman–Crippen LogP) is 2.25. The number of fused-ring (bicyclic) bond motifs is 2. The molecule has 0 fully saturated rings. The molecule has 0 atom stereocenters. The van der Waals surface area contributed by atoms with Gasteiger partial charge in [0.2, 0.25) is 0 Å². The topological polar surface area (TPSA) is 28.2 Å². The molecule has 19 heavy (non-hydrogen) atoms. The molecule has 0 unspecified atom stereocenters. The lowest BCUT2D eigenvalue weighted by Crippen LogP contribution is -2.29. The molecule has 0 amide bonds. The number of nitrogens with one attached hydrogen (secondary N) is 1. The molecule has 2 heterocycles. The zero-order chi connectivity index (χ0) is 13.4. The third-order valence-corrected chi connectivity index (χ3v) is 4.03. The van der Waals surface area contributed by atoms with Crippen LogP contribution in [0.4, 0.5) is 0 Å². The Morgan fingerprint density at radius 1 is 1.37 bits per heavy atom. The second kappa shape index (κ2) is 4.91. The molecule has 2 aromatic rings. The van der Waals surface area contributed by atoms with Gasteiger partial charge in [-0.25, -0.2) is 0 Å². The van der Waals surface area contributed by atoms with Gasteiger partial charge in [0, 0.05) is 37.1 Å². The SMILES string of the molecule is CNCc1c2c(nc3c(C)cccc13)CCN(C)C2. The number of likely N-dealkylation sites (N-methyl/N-ethyl adjacent to an activating group) is 1. The fourth-order valence-electron chi connectivity index (χ4n) is 3.01. The van der Waals surface area contributed by atoms with Gasteiger partial charge in [-0.3, -0.25) is 4.98 Å². The lowest BCUT2D eigenvalue weighted by molar-refractivity contribution is 0.309. The van der Waals surface area contributed by atoms with Crippen LogP contribution in [-0.2, 0) is 19.5 Å². The highest BCUT2D eigenvalue weighted by Crippen LogP contribution is 2.29. The molecule has 3 rings (SSSR count). The molecule has 1 aromatic carbocycles. The Bertz CT molecular complexity index is 619. The first-order chi connectivity index (χ1) is 9.20. The van der Waals surface area contributed by atoms with Crippen molar-refractivity contribution in [3.63, 3.8) is 0 Å². The first kappa shape index (κ1) is 12.6. The van der Waals surface area contributed by atoms with Crippen molar-refractivity contribution in [2.45, 2.75) is 26.4 Å². The van der Waals surface area contributed by atoms with Crippen LogP contribution in [0.15, 0.2) is 18.2 Å². The molecule has 0 bridgehead atoms. The van der Waals surface area contributed by atoms with Crippen LogP contribution >= 0.6 is 0 Å². The molecule has 100 valence electrons. The minimum atomic E-state index is 0.915. The second-order valence-corrected chi connectivity index (χ2v) is 5.50. The van der Waals surface area contributed by atoms with Gasteiger partial charge in [0.1, 0.15) is 0 Å². The van der Waals surface area contributed by atoms with Crippen LogP contribution in [-0.4, -0.2) is 30.5 Å². The highest BCUT2D eigenvalue weighted by atomic mass is 15.1. The molecule has 1 aliphatic heterocycles. The molecule has 3 nitrogen and oxygen atoms in total. The van der Waals surface area contributed by atoms with Gasteiger partial charge in [0.05, 0.1) is 5.52 Å². The lowest BCUT2D eigenvalue weighted by Gasteiger charge is -2.27. The van der Waals surface area contributed by atoms with Crippen LogP contribution in [0.2, 0.25) is 0 Å². The van der Waals surface area contributed by atoms with Crippen molar-refractivity contribution in [3.05, 3.63) is 40.6 Å². The number of aryl methyl sites for hydroxylation is 1. The van der Waals surface area contributed by atoms with E-state index in [2.05, 4.69) is 42.4 Å². The number of pyridine rings is 1. The summed E-state index contributed by atoms with van der Waals surface area (Å²) >= 11 is 0. The van der Waals surface area contributed by atoms with Gasteiger partial charge < -0.3 is 10.2 Å². The minimum Gasteiger partial charge on any atom is -0.316 e. The van der Waals surface area contributed by atoms with E-state index in [-0.39, 0.29) is 0 Å². The van der Waals surface area contributed by atoms with Gasteiger partial charge in [0.25, 0.3) is 0 Å². The maximum Gasteiger partial charge on any atom is 0.0737 e. The predicted molar refractivity (Wildman–Crippen MR) is 79.3 cm³/mol. The Balaban J connectivity index is 2.30. The van der Waals surface area contributed by atoms with Gasteiger partial charge in [-0.05, 0) is 37.7 Å². The van der Waals surface area contributed by atoms with E-state index in [0.717, 1.165) is 26.1 Å². The standard InChI is InChI=1S/C16H21N3/c1-11-5-4-6-12-13(9-17-2)14-10-19(3)8-7-15(14)18-16(11)12/h4-6,17H,7-10H2,1-3H3. The molecule has 0 saturated heterocycles. The van der Waals surface area contributed by atoms with Gasteiger partial charge in [-0.2, -0.15) is 0 Å². The molecular formula is C16H21N3. The highest BCUT2D eigenvalue weighted by molar-refractivity contribution is 5.86. The highest BCUT2D eigenvalue weighted by Gasteiger charge is 2.20. The van der Waals surface area contributed by atoms with Crippen LogP contribution < -0.4 is 5.32 Å². The average molecular weight is 255 g/mol. The van der Waals surface area contributed by atoms with Crippen molar-refractivity contribution < 1.29 is 0 Å². The summed E-state index contributed by atoms with van der Waals surface area (Å²) in [4.78, 5) is 7.32. The van der Waals surface area contributed by atoms with E-state index in [4.69, 9.17) is 4.98 Å². The number of nitrogens with zero attached hydrogens (tertiary/aromatic N) is 2. The average Bonchev–Trinajstić information content (AvgIpc) is 2.40. The monoisotopic (exact) mass is 255 g/mol. The van der Waals surface area contributed by atoms with Crippen LogP contribution in [0.25, 0.3) is 10.9 Å². The van der Waals surface area contributed by atoms with Crippen LogP contribution in [0, 0.1) is 6.92 Å². The fourth-order valence-corrected chi connectivity index (χ4v) is 3.01. The zero-order valence-corrected chi connectivity index (χ0v) is 12.0. The fraction of sp³-hybridized carbons (Fsp3) is 0.438. The maximum atomic E-state index is 4.94. The number of aromatic nitrogens is 1. The molecule has 1 aliphatic rings. The summed E-state index contributed by atoms with van der Waals surface area (Å²) in [7, 11) is 4.20. The van der Waals surface area contributed by atoms with E-state index in [1.54, 1.807) is 0 Å². The summed E-state index contributed by atoms with van der Waals surface area (Å²) in [5.41, 5.74) is 6.61. The van der Waals surface area contributed by atoms with Crippen molar-refractivity contribution in [2.75, 3.05) is 20.6 Å². The molecule has 3 heteroatoms. The summed E-state index contributed by atoms with van der Waals surface area (Å²) in [6.45, 7) is 5.19. The Morgan fingerprint density at radius 3 is 3.00 bits per heavy atom. The number of rotatable bonds is 2. The Kier molecular flexibility index (Phi) is 3.25. The van der Waals surface area contributed by atoms with Gasteiger partial charge in [-0.1, -0.05) is 18.2 Å². The van der Waals surface area contributed by atoms with Gasteiger partial charge >= 0.3 is 0 Å². The van der Waals surface area contributed by atoms with E-state index < -0.39 is 0 Å². The number of para-hydroxylation sites is 1. The minimum absolute atomic E-state index is 0.915. The largest absolute Gasteiger partial charge is 0.316 e. The van der Waals surface area contributed by atoms with E-state index in [0.29, 0.717) is 0 Å². The summed E-state index contributed by atoms with van der Waals surface area (Å²) in [5, 5.41) is 4.62. The summed E-state index contributed by atoms with van der Waals surface area (Å²) in [5.74, 6) is 0. The Morgan fingerprint density at radius 2 is 2.21 bits per heavy atom. The molecule has 0 radical (unpaired) electrons. The molecule has 1 N–H and O–H groups in total.